The van der Waals surface area contributed by atoms with E-state index in [0.717, 1.165) is 12.8 Å². The first-order chi connectivity index (χ1) is 8.49. The van der Waals surface area contributed by atoms with Gasteiger partial charge in [0.2, 0.25) is 0 Å². The van der Waals surface area contributed by atoms with Gasteiger partial charge in [-0.05, 0) is 23.8 Å². The number of fused-ring (bicyclic) bond motifs is 1. The third-order valence-electron chi connectivity index (χ3n) is 5.64. The number of carbonyl (C=O) groups excluding carboxylic acids is 1. The van der Waals surface area contributed by atoms with Gasteiger partial charge in [-0.2, -0.15) is 0 Å². The van der Waals surface area contributed by atoms with Gasteiger partial charge >= 0.3 is 0 Å². The molecule has 1 saturated heterocycles. The van der Waals surface area contributed by atoms with E-state index >= 15 is 0 Å². The summed E-state index contributed by atoms with van der Waals surface area (Å²) in [6, 6.07) is 0. The predicted octanol–water partition coefficient (Wildman–Crippen LogP) is 2.70. The van der Waals surface area contributed by atoms with Gasteiger partial charge in [0.1, 0.15) is 0 Å². The highest BCUT2D eigenvalue weighted by Crippen LogP contribution is 2.58. The third kappa shape index (κ3) is 1.47. The molecular weight excluding hydrogens is 228 g/mol. The van der Waals surface area contributed by atoms with E-state index in [1.54, 1.807) is 0 Å². The molecule has 2 aliphatic carbocycles. The summed E-state index contributed by atoms with van der Waals surface area (Å²) < 4.78 is 11.9. The van der Waals surface area contributed by atoms with Crippen molar-refractivity contribution in [3.8, 4) is 0 Å². The Balaban J connectivity index is 2.02. The zero-order valence-electron chi connectivity index (χ0n) is 11.5. The molecular formula is C15H22O3. The van der Waals surface area contributed by atoms with E-state index in [2.05, 4.69) is 20.8 Å². The lowest BCUT2D eigenvalue weighted by atomic mass is 9.54. The standard InChI is InChI=1S/C15H22O3/c1-10-8-13(16)9-12-4-5-15(17-6-7-18-15)11(2)14(10,12)3/h9-11H,4-8H2,1-3H3/t10?,11-,14-/m1/s1. The zero-order chi connectivity index (χ0) is 13.0. The first kappa shape index (κ1) is 12.4. The largest absolute Gasteiger partial charge is 0.347 e. The van der Waals surface area contributed by atoms with Gasteiger partial charge in [0.05, 0.1) is 13.2 Å². The van der Waals surface area contributed by atoms with Gasteiger partial charge in [0.15, 0.2) is 11.6 Å². The third-order valence-corrected chi connectivity index (χ3v) is 5.64. The molecule has 1 aliphatic heterocycles. The Labute approximate surface area is 109 Å². The molecule has 0 aromatic carbocycles. The van der Waals surface area contributed by atoms with E-state index in [9.17, 15) is 4.79 Å². The van der Waals surface area contributed by atoms with Gasteiger partial charge in [-0.15, -0.1) is 0 Å². The van der Waals surface area contributed by atoms with Crippen molar-refractivity contribution in [3.63, 3.8) is 0 Å². The zero-order valence-corrected chi connectivity index (χ0v) is 11.5. The van der Waals surface area contributed by atoms with Crippen LogP contribution in [0.25, 0.3) is 0 Å². The molecule has 0 aromatic rings. The van der Waals surface area contributed by atoms with Crippen LogP contribution in [-0.4, -0.2) is 24.8 Å². The molecule has 1 unspecified atom stereocenters. The predicted molar refractivity (Wildman–Crippen MR) is 68.0 cm³/mol. The molecule has 3 heteroatoms. The van der Waals surface area contributed by atoms with E-state index in [1.807, 2.05) is 6.08 Å². The van der Waals surface area contributed by atoms with Crippen LogP contribution in [0.5, 0.6) is 0 Å². The van der Waals surface area contributed by atoms with E-state index in [0.29, 0.717) is 31.5 Å². The Morgan fingerprint density at radius 2 is 1.94 bits per heavy atom. The number of carbonyl (C=O) groups is 1. The highest BCUT2D eigenvalue weighted by molar-refractivity contribution is 5.92. The second kappa shape index (κ2) is 3.91. The molecule has 3 rings (SSSR count). The molecule has 18 heavy (non-hydrogen) atoms. The summed E-state index contributed by atoms with van der Waals surface area (Å²) in [7, 11) is 0. The van der Waals surface area contributed by atoms with Crippen LogP contribution >= 0.6 is 0 Å². The Kier molecular flexibility index (Phi) is 2.69. The average Bonchev–Trinajstić information content (AvgIpc) is 2.79. The van der Waals surface area contributed by atoms with Crippen molar-refractivity contribution < 1.29 is 14.3 Å². The molecule has 3 aliphatic rings. The van der Waals surface area contributed by atoms with Crippen LogP contribution in [0.3, 0.4) is 0 Å². The average molecular weight is 250 g/mol. The maximum absolute atomic E-state index is 11.8. The summed E-state index contributed by atoms with van der Waals surface area (Å²) in [6.07, 6.45) is 4.35. The monoisotopic (exact) mass is 250 g/mol. The minimum atomic E-state index is -0.402. The Morgan fingerprint density at radius 1 is 1.28 bits per heavy atom. The van der Waals surface area contributed by atoms with Crippen molar-refractivity contribution in [2.75, 3.05) is 13.2 Å². The number of hydrogen-bond acceptors (Lipinski definition) is 3. The molecule has 2 fully saturated rings. The van der Waals surface area contributed by atoms with Crippen LogP contribution in [0, 0.1) is 17.3 Å². The number of ketones is 1. The molecule has 0 N–H and O–H groups in total. The Morgan fingerprint density at radius 3 is 2.61 bits per heavy atom. The first-order valence-corrected chi connectivity index (χ1v) is 7.01. The number of allylic oxidation sites excluding steroid dienone is 2. The minimum absolute atomic E-state index is 0.0382. The van der Waals surface area contributed by atoms with E-state index in [1.165, 1.54) is 5.57 Å². The summed E-state index contributed by atoms with van der Waals surface area (Å²) in [5, 5.41) is 0. The fourth-order valence-corrected chi connectivity index (χ4v) is 4.13. The van der Waals surface area contributed by atoms with Gasteiger partial charge < -0.3 is 9.47 Å². The molecule has 100 valence electrons. The van der Waals surface area contributed by atoms with Gasteiger partial charge in [-0.25, -0.2) is 0 Å². The van der Waals surface area contributed by atoms with Crippen LogP contribution in [0.1, 0.15) is 40.0 Å². The lowest BCUT2D eigenvalue weighted by Gasteiger charge is -2.54. The van der Waals surface area contributed by atoms with E-state index in [4.69, 9.17) is 9.47 Å². The smallest absolute Gasteiger partial charge is 0.172 e. The van der Waals surface area contributed by atoms with E-state index in [-0.39, 0.29) is 11.2 Å². The van der Waals surface area contributed by atoms with Gasteiger partial charge in [-0.1, -0.05) is 26.3 Å². The van der Waals surface area contributed by atoms with Crippen molar-refractivity contribution in [1.29, 1.82) is 0 Å². The molecule has 3 nitrogen and oxygen atoms in total. The molecule has 1 saturated carbocycles. The van der Waals surface area contributed by atoms with Crippen molar-refractivity contribution in [2.24, 2.45) is 17.3 Å². The fourth-order valence-electron chi connectivity index (χ4n) is 4.13. The Hall–Kier alpha value is -0.670. The normalized spacial score (nSPS) is 42.8. The van der Waals surface area contributed by atoms with Gasteiger partial charge in [0.25, 0.3) is 0 Å². The highest BCUT2D eigenvalue weighted by atomic mass is 16.7. The van der Waals surface area contributed by atoms with Crippen LogP contribution in [-0.2, 0) is 14.3 Å². The summed E-state index contributed by atoms with van der Waals surface area (Å²) in [6.45, 7) is 8.10. The molecule has 3 atom stereocenters. The number of rotatable bonds is 0. The van der Waals surface area contributed by atoms with Gasteiger partial charge in [0, 0.05) is 18.8 Å². The van der Waals surface area contributed by atoms with Crippen molar-refractivity contribution in [2.45, 2.75) is 45.8 Å². The van der Waals surface area contributed by atoms with Crippen molar-refractivity contribution >= 4 is 5.78 Å². The second-order valence-electron chi connectivity index (χ2n) is 6.25. The molecule has 0 bridgehead atoms. The maximum atomic E-state index is 11.8. The summed E-state index contributed by atoms with van der Waals surface area (Å²) in [5.74, 6) is 0.549. The topological polar surface area (TPSA) is 35.5 Å². The summed E-state index contributed by atoms with van der Waals surface area (Å²) in [4.78, 5) is 11.8. The molecule has 0 amide bonds. The lowest BCUT2D eigenvalue weighted by molar-refractivity contribution is -0.233. The van der Waals surface area contributed by atoms with Crippen LogP contribution < -0.4 is 0 Å². The van der Waals surface area contributed by atoms with Crippen molar-refractivity contribution in [3.05, 3.63) is 11.6 Å². The number of ether oxygens (including phenoxy) is 2. The Bertz CT molecular complexity index is 406. The second-order valence-corrected chi connectivity index (χ2v) is 6.25. The lowest BCUT2D eigenvalue weighted by Crippen LogP contribution is -2.54. The molecule has 0 aromatic heterocycles. The number of hydrogen-bond donors (Lipinski definition) is 0. The highest BCUT2D eigenvalue weighted by Gasteiger charge is 2.57. The quantitative estimate of drug-likeness (QED) is 0.663. The maximum Gasteiger partial charge on any atom is 0.172 e. The van der Waals surface area contributed by atoms with Crippen molar-refractivity contribution in [1.82, 2.24) is 0 Å². The fraction of sp³-hybridized carbons (Fsp3) is 0.800. The minimum Gasteiger partial charge on any atom is -0.347 e. The molecule has 0 radical (unpaired) electrons. The molecule has 1 spiro atoms. The van der Waals surface area contributed by atoms with Gasteiger partial charge in [-0.3, -0.25) is 4.79 Å². The SMILES string of the molecule is CC1CC(=O)C=C2CCC3(OCCO3)[C@H](C)[C@]21C. The first-order valence-electron chi connectivity index (χ1n) is 7.01. The van der Waals surface area contributed by atoms with E-state index < -0.39 is 5.79 Å². The van der Waals surface area contributed by atoms with Crippen LogP contribution in [0.2, 0.25) is 0 Å². The molecule has 1 heterocycles. The summed E-state index contributed by atoms with van der Waals surface area (Å²) in [5.41, 5.74) is 1.35. The summed E-state index contributed by atoms with van der Waals surface area (Å²) >= 11 is 0. The van der Waals surface area contributed by atoms with Crippen LogP contribution in [0.15, 0.2) is 11.6 Å². The van der Waals surface area contributed by atoms with Crippen LogP contribution in [0.4, 0.5) is 0 Å².